The molecule has 2 nitrogen and oxygen atoms in total. The topological polar surface area (TPSA) is 21.6 Å². The molecule has 3 heteroatoms. The first kappa shape index (κ1) is 10.7. The molecule has 80 valence electrons. The molecule has 15 heavy (non-hydrogen) atoms. The summed E-state index contributed by atoms with van der Waals surface area (Å²) in [6.07, 6.45) is 0. The van der Waals surface area contributed by atoms with E-state index in [1.54, 1.807) is 0 Å². The van der Waals surface area contributed by atoms with Crippen LogP contribution in [0.3, 0.4) is 0 Å². The van der Waals surface area contributed by atoms with Gasteiger partial charge in [-0.15, -0.1) is 0 Å². The number of aliphatic imine (C=N–C) groups is 1. The van der Waals surface area contributed by atoms with Crippen LogP contribution < -0.4 is 0 Å². The summed E-state index contributed by atoms with van der Waals surface area (Å²) in [5.74, 6) is 1.30. The van der Waals surface area contributed by atoms with E-state index in [0.29, 0.717) is 18.6 Å². The number of benzene rings is 1. The predicted octanol–water partition coefficient (Wildman–Crippen LogP) is 3.25. The lowest BCUT2D eigenvalue weighted by atomic mass is 10.1. The molecular formula is C12H14BrNO. The fourth-order valence-corrected chi connectivity index (χ4v) is 1.97. The Balaban J connectivity index is 2.27. The summed E-state index contributed by atoms with van der Waals surface area (Å²) in [7, 11) is 0. The lowest BCUT2D eigenvalue weighted by molar-refractivity contribution is 0.292. The highest BCUT2D eigenvalue weighted by molar-refractivity contribution is 9.10. The molecule has 0 unspecified atom stereocenters. The Morgan fingerprint density at radius 1 is 1.40 bits per heavy atom. The van der Waals surface area contributed by atoms with E-state index < -0.39 is 0 Å². The Hall–Kier alpha value is -0.830. The summed E-state index contributed by atoms with van der Waals surface area (Å²) in [5, 5.41) is 0. The number of ether oxygens (including phenoxy) is 1. The van der Waals surface area contributed by atoms with Crippen LogP contribution in [0.15, 0.2) is 33.7 Å². The second-order valence-corrected chi connectivity index (χ2v) is 4.89. The van der Waals surface area contributed by atoms with E-state index in [1.807, 2.05) is 24.3 Å². The molecule has 1 aliphatic heterocycles. The Bertz CT molecular complexity index is 387. The van der Waals surface area contributed by atoms with E-state index >= 15 is 0 Å². The van der Waals surface area contributed by atoms with Gasteiger partial charge in [0, 0.05) is 4.47 Å². The summed E-state index contributed by atoms with van der Waals surface area (Å²) in [4.78, 5) is 4.58. The molecule has 0 bridgehead atoms. The minimum Gasteiger partial charge on any atom is -0.475 e. The van der Waals surface area contributed by atoms with Crippen molar-refractivity contribution in [2.75, 3.05) is 6.61 Å². The summed E-state index contributed by atoms with van der Waals surface area (Å²) in [5.41, 5.74) is 1.04. The fraction of sp³-hybridized carbons (Fsp3) is 0.417. The van der Waals surface area contributed by atoms with Crippen LogP contribution in [-0.2, 0) is 4.74 Å². The third-order valence-corrected chi connectivity index (χ3v) is 3.24. The number of nitrogens with zero attached hydrogens (tertiary/aromatic N) is 1. The Morgan fingerprint density at radius 2 is 2.13 bits per heavy atom. The van der Waals surface area contributed by atoms with Gasteiger partial charge in [-0.05, 0) is 34.0 Å². The first-order valence-corrected chi connectivity index (χ1v) is 5.93. The van der Waals surface area contributed by atoms with Crippen molar-refractivity contribution >= 4 is 21.8 Å². The van der Waals surface area contributed by atoms with Gasteiger partial charge in [-0.3, -0.25) is 0 Å². The number of hydrogen-bond acceptors (Lipinski definition) is 2. The maximum absolute atomic E-state index is 5.61. The van der Waals surface area contributed by atoms with Crippen molar-refractivity contribution in [1.82, 2.24) is 0 Å². The third kappa shape index (κ3) is 2.23. The zero-order valence-electron chi connectivity index (χ0n) is 8.90. The Labute approximate surface area is 98.5 Å². The average Bonchev–Trinajstić information content (AvgIpc) is 2.67. The second-order valence-electron chi connectivity index (χ2n) is 4.04. The lowest BCUT2D eigenvalue weighted by Gasteiger charge is -2.06. The van der Waals surface area contributed by atoms with Crippen LogP contribution in [0.25, 0.3) is 0 Å². The lowest BCUT2D eigenvalue weighted by Crippen LogP contribution is -2.13. The SMILES string of the molecule is CC(C)[C@H]1COC(c2ccccc2Br)=N1. The van der Waals surface area contributed by atoms with Gasteiger partial charge in [0.1, 0.15) is 6.61 Å². The largest absolute Gasteiger partial charge is 0.475 e. The molecule has 1 heterocycles. The normalized spacial score (nSPS) is 20.3. The fourth-order valence-electron chi connectivity index (χ4n) is 1.51. The molecule has 0 amide bonds. The van der Waals surface area contributed by atoms with E-state index in [4.69, 9.17) is 4.74 Å². The number of halogens is 1. The Morgan fingerprint density at radius 3 is 2.73 bits per heavy atom. The van der Waals surface area contributed by atoms with Crippen LogP contribution in [0.5, 0.6) is 0 Å². The monoisotopic (exact) mass is 267 g/mol. The molecule has 0 radical (unpaired) electrons. The molecule has 0 aliphatic carbocycles. The molecular weight excluding hydrogens is 254 g/mol. The maximum Gasteiger partial charge on any atom is 0.217 e. The quantitative estimate of drug-likeness (QED) is 0.806. The average molecular weight is 268 g/mol. The molecule has 1 aromatic carbocycles. The second kappa shape index (κ2) is 4.35. The molecule has 0 saturated carbocycles. The standard InChI is InChI=1S/C12H14BrNO/c1-8(2)11-7-15-12(14-11)9-5-3-4-6-10(9)13/h3-6,8,11H,7H2,1-2H3/t11-/m1/s1. The van der Waals surface area contributed by atoms with Crippen molar-refractivity contribution in [2.45, 2.75) is 19.9 Å². The first-order valence-electron chi connectivity index (χ1n) is 5.14. The molecule has 2 rings (SSSR count). The molecule has 1 atom stereocenters. The zero-order chi connectivity index (χ0) is 10.8. The van der Waals surface area contributed by atoms with Crippen molar-refractivity contribution in [3.8, 4) is 0 Å². The van der Waals surface area contributed by atoms with E-state index in [-0.39, 0.29) is 0 Å². The van der Waals surface area contributed by atoms with Crippen molar-refractivity contribution < 1.29 is 4.74 Å². The maximum atomic E-state index is 5.61. The number of rotatable bonds is 2. The van der Waals surface area contributed by atoms with Gasteiger partial charge >= 0.3 is 0 Å². The van der Waals surface area contributed by atoms with Gasteiger partial charge in [0.15, 0.2) is 0 Å². The molecule has 1 aromatic rings. The predicted molar refractivity (Wildman–Crippen MR) is 65.3 cm³/mol. The summed E-state index contributed by atoms with van der Waals surface area (Å²) < 4.78 is 6.65. The first-order chi connectivity index (χ1) is 7.18. The highest BCUT2D eigenvalue weighted by Crippen LogP contribution is 2.22. The van der Waals surface area contributed by atoms with Crippen molar-refractivity contribution in [2.24, 2.45) is 10.9 Å². The van der Waals surface area contributed by atoms with Gasteiger partial charge in [-0.2, -0.15) is 0 Å². The zero-order valence-corrected chi connectivity index (χ0v) is 10.5. The van der Waals surface area contributed by atoms with Crippen molar-refractivity contribution in [3.05, 3.63) is 34.3 Å². The van der Waals surface area contributed by atoms with Crippen LogP contribution >= 0.6 is 15.9 Å². The van der Waals surface area contributed by atoms with Gasteiger partial charge in [-0.25, -0.2) is 4.99 Å². The summed E-state index contributed by atoms with van der Waals surface area (Å²) >= 11 is 3.50. The molecule has 0 aromatic heterocycles. The third-order valence-electron chi connectivity index (χ3n) is 2.55. The summed E-state index contributed by atoms with van der Waals surface area (Å²) in [6.45, 7) is 5.04. The molecule has 0 saturated heterocycles. The smallest absolute Gasteiger partial charge is 0.217 e. The number of hydrogen-bond donors (Lipinski definition) is 0. The minimum absolute atomic E-state index is 0.298. The molecule has 0 fully saturated rings. The van der Waals surface area contributed by atoms with Gasteiger partial charge in [0.25, 0.3) is 0 Å². The van der Waals surface area contributed by atoms with Crippen molar-refractivity contribution in [1.29, 1.82) is 0 Å². The van der Waals surface area contributed by atoms with Gasteiger partial charge in [-0.1, -0.05) is 26.0 Å². The van der Waals surface area contributed by atoms with Gasteiger partial charge in [0.05, 0.1) is 11.6 Å². The highest BCUT2D eigenvalue weighted by Gasteiger charge is 2.23. The Kier molecular flexibility index (Phi) is 3.10. The highest BCUT2D eigenvalue weighted by atomic mass is 79.9. The van der Waals surface area contributed by atoms with E-state index in [9.17, 15) is 0 Å². The van der Waals surface area contributed by atoms with Crippen molar-refractivity contribution in [3.63, 3.8) is 0 Å². The molecule has 1 aliphatic rings. The minimum atomic E-state index is 0.298. The van der Waals surface area contributed by atoms with Gasteiger partial charge in [0.2, 0.25) is 5.90 Å². The van der Waals surface area contributed by atoms with E-state index in [2.05, 4.69) is 34.8 Å². The van der Waals surface area contributed by atoms with Crippen LogP contribution in [0.1, 0.15) is 19.4 Å². The van der Waals surface area contributed by atoms with Crippen LogP contribution in [-0.4, -0.2) is 18.5 Å². The van der Waals surface area contributed by atoms with Crippen LogP contribution in [0.4, 0.5) is 0 Å². The molecule has 0 N–H and O–H groups in total. The van der Waals surface area contributed by atoms with E-state index in [1.165, 1.54) is 0 Å². The molecule has 0 spiro atoms. The van der Waals surface area contributed by atoms with E-state index in [0.717, 1.165) is 15.9 Å². The summed E-state index contributed by atoms with van der Waals surface area (Å²) in [6, 6.07) is 8.31. The van der Waals surface area contributed by atoms with Gasteiger partial charge < -0.3 is 4.74 Å². The van der Waals surface area contributed by atoms with Crippen LogP contribution in [0.2, 0.25) is 0 Å². The van der Waals surface area contributed by atoms with Crippen LogP contribution in [0, 0.1) is 5.92 Å².